The maximum atomic E-state index is 11.5. The van der Waals surface area contributed by atoms with Gasteiger partial charge in [0.15, 0.2) is 0 Å². The monoisotopic (exact) mass is 265 g/mol. The van der Waals surface area contributed by atoms with Crippen molar-refractivity contribution in [1.29, 1.82) is 5.26 Å². The standard InChI is InChI=1S/C13H16ClN3O/c1-2-3-6-16-13(18)9-17-12-7-11(14)5-4-10(12)8-15/h4-5,7,17H,2-3,6,9H2,1H3,(H,16,18). The second-order valence-electron chi connectivity index (χ2n) is 3.86. The van der Waals surface area contributed by atoms with E-state index in [0.717, 1.165) is 12.8 Å². The summed E-state index contributed by atoms with van der Waals surface area (Å²) >= 11 is 5.84. The zero-order valence-electron chi connectivity index (χ0n) is 10.3. The highest BCUT2D eigenvalue weighted by atomic mass is 35.5. The number of halogens is 1. The average Bonchev–Trinajstić information content (AvgIpc) is 2.37. The average molecular weight is 266 g/mol. The Hall–Kier alpha value is -1.73. The molecule has 0 fully saturated rings. The van der Waals surface area contributed by atoms with Crippen molar-refractivity contribution in [2.75, 3.05) is 18.4 Å². The van der Waals surface area contributed by atoms with Gasteiger partial charge in [0, 0.05) is 11.6 Å². The molecule has 0 radical (unpaired) electrons. The molecule has 18 heavy (non-hydrogen) atoms. The van der Waals surface area contributed by atoms with Crippen LogP contribution in [0.3, 0.4) is 0 Å². The number of rotatable bonds is 6. The Morgan fingerprint density at radius 1 is 1.50 bits per heavy atom. The van der Waals surface area contributed by atoms with Crippen molar-refractivity contribution in [2.45, 2.75) is 19.8 Å². The van der Waals surface area contributed by atoms with Crippen LogP contribution in [-0.2, 0) is 4.79 Å². The van der Waals surface area contributed by atoms with E-state index >= 15 is 0 Å². The molecule has 0 aliphatic carbocycles. The maximum absolute atomic E-state index is 11.5. The van der Waals surface area contributed by atoms with Gasteiger partial charge in [-0.15, -0.1) is 0 Å². The molecular weight excluding hydrogens is 250 g/mol. The van der Waals surface area contributed by atoms with Crippen LogP contribution in [0.1, 0.15) is 25.3 Å². The topological polar surface area (TPSA) is 64.9 Å². The molecule has 0 aliphatic rings. The van der Waals surface area contributed by atoms with E-state index in [2.05, 4.69) is 17.6 Å². The summed E-state index contributed by atoms with van der Waals surface area (Å²) in [6.45, 7) is 2.88. The molecule has 0 atom stereocenters. The first kappa shape index (κ1) is 14.3. The van der Waals surface area contributed by atoms with Crippen LogP contribution in [0.4, 0.5) is 5.69 Å². The van der Waals surface area contributed by atoms with E-state index in [0.29, 0.717) is 22.8 Å². The maximum Gasteiger partial charge on any atom is 0.239 e. The summed E-state index contributed by atoms with van der Waals surface area (Å²) < 4.78 is 0. The summed E-state index contributed by atoms with van der Waals surface area (Å²) in [6, 6.07) is 6.95. The van der Waals surface area contributed by atoms with Crippen molar-refractivity contribution < 1.29 is 4.79 Å². The van der Waals surface area contributed by atoms with Gasteiger partial charge >= 0.3 is 0 Å². The van der Waals surface area contributed by atoms with E-state index in [1.54, 1.807) is 18.2 Å². The van der Waals surface area contributed by atoms with Crippen molar-refractivity contribution in [3.05, 3.63) is 28.8 Å². The molecule has 1 aromatic carbocycles. The first-order chi connectivity index (χ1) is 8.67. The van der Waals surface area contributed by atoms with Crippen LogP contribution in [0, 0.1) is 11.3 Å². The molecule has 0 aromatic heterocycles. The van der Waals surface area contributed by atoms with E-state index in [1.807, 2.05) is 6.07 Å². The smallest absolute Gasteiger partial charge is 0.239 e. The predicted molar refractivity (Wildman–Crippen MR) is 72.6 cm³/mol. The molecule has 0 spiro atoms. The van der Waals surface area contributed by atoms with Crippen molar-refractivity contribution in [2.24, 2.45) is 0 Å². The molecule has 96 valence electrons. The van der Waals surface area contributed by atoms with Crippen LogP contribution in [-0.4, -0.2) is 19.0 Å². The third kappa shape index (κ3) is 4.64. The van der Waals surface area contributed by atoms with Crippen molar-refractivity contribution in [1.82, 2.24) is 5.32 Å². The quantitative estimate of drug-likeness (QED) is 0.777. The lowest BCUT2D eigenvalue weighted by atomic mass is 10.2. The fourth-order valence-corrected chi connectivity index (χ4v) is 1.57. The normalized spacial score (nSPS) is 9.61. The molecule has 0 saturated heterocycles. The molecule has 0 unspecified atom stereocenters. The summed E-state index contributed by atoms with van der Waals surface area (Å²) in [5.41, 5.74) is 1.05. The Morgan fingerprint density at radius 3 is 2.94 bits per heavy atom. The zero-order chi connectivity index (χ0) is 13.4. The van der Waals surface area contributed by atoms with Gasteiger partial charge in [-0.05, 0) is 24.6 Å². The Balaban J connectivity index is 2.50. The first-order valence-corrected chi connectivity index (χ1v) is 6.25. The van der Waals surface area contributed by atoms with Crippen LogP contribution in [0.2, 0.25) is 5.02 Å². The fourth-order valence-electron chi connectivity index (χ4n) is 1.40. The molecular formula is C13H16ClN3O. The fraction of sp³-hybridized carbons (Fsp3) is 0.385. The summed E-state index contributed by atoms with van der Waals surface area (Å²) in [7, 11) is 0. The number of amides is 1. The third-order valence-electron chi connectivity index (χ3n) is 2.39. The minimum atomic E-state index is -0.0904. The van der Waals surface area contributed by atoms with Gasteiger partial charge in [0.05, 0.1) is 17.8 Å². The summed E-state index contributed by atoms with van der Waals surface area (Å²) in [5.74, 6) is -0.0904. The van der Waals surface area contributed by atoms with Gasteiger partial charge in [-0.3, -0.25) is 4.79 Å². The van der Waals surface area contributed by atoms with Gasteiger partial charge in [0.2, 0.25) is 5.91 Å². The van der Waals surface area contributed by atoms with Crippen LogP contribution < -0.4 is 10.6 Å². The molecule has 1 amide bonds. The van der Waals surface area contributed by atoms with Crippen LogP contribution in [0.5, 0.6) is 0 Å². The second kappa shape index (κ2) is 7.57. The van der Waals surface area contributed by atoms with E-state index in [4.69, 9.17) is 16.9 Å². The Labute approximate surface area is 112 Å². The second-order valence-corrected chi connectivity index (χ2v) is 4.30. The number of unbranched alkanes of at least 4 members (excludes halogenated alkanes) is 1. The predicted octanol–water partition coefficient (Wildman–Crippen LogP) is 2.54. The van der Waals surface area contributed by atoms with Gasteiger partial charge in [-0.1, -0.05) is 24.9 Å². The highest BCUT2D eigenvalue weighted by Gasteiger charge is 2.05. The molecule has 5 heteroatoms. The lowest BCUT2D eigenvalue weighted by Gasteiger charge is -2.09. The van der Waals surface area contributed by atoms with E-state index in [-0.39, 0.29) is 12.5 Å². The number of hydrogen-bond donors (Lipinski definition) is 2. The first-order valence-electron chi connectivity index (χ1n) is 5.87. The number of nitrogens with zero attached hydrogens (tertiary/aromatic N) is 1. The minimum absolute atomic E-state index is 0.0904. The highest BCUT2D eigenvalue weighted by Crippen LogP contribution is 2.19. The summed E-state index contributed by atoms with van der Waals surface area (Å²) in [5, 5.41) is 15.1. The number of carbonyl (C=O) groups is 1. The third-order valence-corrected chi connectivity index (χ3v) is 2.63. The zero-order valence-corrected chi connectivity index (χ0v) is 11.0. The van der Waals surface area contributed by atoms with Crippen molar-refractivity contribution in [3.8, 4) is 6.07 Å². The van der Waals surface area contributed by atoms with Crippen LogP contribution in [0.15, 0.2) is 18.2 Å². The summed E-state index contributed by atoms with van der Waals surface area (Å²) in [6.07, 6.45) is 2.01. The molecule has 2 N–H and O–H groups in total. The molecule has 0 bridgehead atoms. The van der Waals surface area contributed by atoms with Gasteiger partial charge in [0.25, 0.3) is 0 Å². The Bertz CT molecular complexity index is 454. The molecule has 1 rings (SSSR count). The lowest BCUT2D eigenvalue weighted by molar-refractivity contribution is -0.119. The Kier molecular flexibility index (Phi) is 6.03. The number of nitriles is 1. The van der Waals surface area contributed by atoms with Crippen molar-refractivity contribution >= 4 is 23.2 Å². The molecule has 0 heterocycles. The SMILES string of the molecule is CCCCNC(=O)CNc1cc(Cl)ccc1C#N. The lowest BCUT2D eigenvalue weighted by Crippen LogP contribution is -2.30. The van der Waals surface area contributed by atoms with E-state index < -0.39 is 0 Å². The van der Waals surface area contributed by atoms with Gasteiger partial charge in [-0.25, -0.2) is 0 Å². The Morgan fingerprint density at radius 2 is 2.28 bits per heavy atom. The highest BCUT2D eigenvalue weighted by molar-refractivity contribution is 6.30. The number of hydrogen-bond acceptors (Lipinski definition) is 3. The number of carbonyl (C=O) groups excluding carboxylic acids is 1. The molecule has 4 nitrogen and oxygen atoms in total. The van der Waals surface area contributed by atoms with Crippen molar-refractivity contribution in [3.63, 3.8) is 0 Å². The molecule has 0 aliphatic heterocycles. The largest absolute Gasteiger partial charge is 0.375 e. The van der Waals surface area contributed by atoms with Crippen LogP contribution in [0.25, 0.3) is 0 Å². The summed E-state index contributed by atoms with van der Waals surface area (Å²) in [4.78, 5) is 11.5. The van der Waals surface area contributed by atoms with Gasteiger partial charge < -0.3 is 10.6 Å². The van der Waals surface area contributed by atoms with Gasteiger partial charge in [0.1, 0.15) is 6.07 Å². The number of benzene rings is 1. The van der Waals surface area contributed by atoms with E-state index in [1.165, 1.54) is 0 Å². The van der Waals surface area contributed by atoms with Gasteiger partial charge in [-0.2, -0.15) is 5.26 Å². The minimum Gasteiger partial charge on any atom is -0.375 e. The number of anilines is 1. The van der Waals surface area contributed by atoms with E-state index in [9.17, 15) is 4.79 Å². The van der Waals surface area contributed by atoms with Crippen LogP contribution >= 0.6 is 11.6 Å². The number of nitrogens with one attached hydrogen (secondary N) is 2. The molecule has 1 aromatic rings. The molecule has 0 saturated carbocycles.